The van der Waals surface area contributed by atoms with E-state index in [0.717, 1.165) is 19.0 Å². The largest absolute Gasteiger partial charge is 0.371 e. The van der Waals surface area contributed by atoms with Gasteiger partial charge in [-0.1, -0.05) is 23.7 Å². The fourth-order valence-electron chi connectivity index (χ4n) is 2.00. The van der Waals surface area contributed by atoms with Crippen LogP contribution in [-0.4, -0.2) is 0 Å². The Hall–Kier alpha value is -0.330. The van der Waals surface area contributed by atoms with Crippen molar-refractivity contribution in [1.29, 1.82) is 0 Å². The lowest BCUT2D eigenvalue weighted by atomic mass is 10.2. The molecule has 0 amide bonds. The predicted octanol–water partition coefficient (Wildman–Crippen LogP) is 7.19. The summed E-state index contributed by atoms with van der Waals surface area (Å²) in [4.78, 5) is 2.46. The number of nitrogens with one attached hydrogen (secondary N) is 1. The van der Waals surface area contributed by atoms with Crippen molar-refractivity contribution in [3.8, 4) is 0 Å². The molecule has 0 bridgehead atoms. The molecule has 0 radical (unpaired) electrons. The first-order valence-electron chi connectivity index (χ1n) is 6.14. The summed E-state index contributed by atoms with van der Waals surface area (Å²) in [6, 6.07) is 14.4. The molecule has 2 heterocycles. The topological polar surface area (TPSA) is 12.0 Å². The fraction of sp³-hybridized carbons (Fsp3) is 0.0667. The van der Waals surface area contributed by atoms with Crippen LogP contribution in [-0.2, 0) is 0 Å². The summed E-state index contributed by atoms with van der Waals surface area (Å²) in [7, 11) is 0. The van der Waals surface area contributed by atoms with Crippen LogP contribution in [0.3, 0.4) is 0 Å². The molecule has 1 aromatic carbocycles. The van der Waals surface area contributed by atoms with Crippen molar-refractivity contribution < 1.29 is 0 Å². The number of halogens is 3. The SMILES string of the molecule is Clc1ccc(C(Nc2c(Br)cccc2Br)c2cccs2)s1. The first-order chi connectivity index (χ1) is 10.1. The molecule has 0 saturated carbocycles. The molecule has 0 spiro atoms. The van der Waals surface area contributed by atoms with E-state index in [2.05, 4.69) is 60.8 Å². The molecule has 3 aromatic rings. The highest BCUT2D eigenvalue weighted by atomic mass is 79.9. The molecule has 108 valence electrons. The number of hydrogen-bond donors (Lipinski definition) is 1. The molecule has 0 aliphatic carbocycles. The van der Waals surface area contributed by atoms with Crippen molar-refractivity contribution >= 4 is 71.8 Å². The van der Waals surface area contributed by atoms with Gasteiger partial charge in [-0.15, -0.1) is 22.7 Å². The second kappa shape index (κ2) is 6.84. The average molecular weight is 464 g/mol. The van der Waals surface area contributed by atoms with Gasteiger partial charge in [0.15, 0.2) is 0 Å². The maximum atomic E-state index is 6.11. The Morgan fingerprint density at radius 3 is 2.29 bits per heavy atom. The highest BCUT2D eigenvalue weighted by molar-refractivity contribution is 9.11. The zero-order valence-electron chi connectivity index (χ0n) is 10.6. The number of benzene rings is 1. The third kappa shape index (κ3) is 3.54. The Bertz CT molecular complexity index is 720. The summed E-state index contributed by atoms with van der Waals surface area (Å²) in [5.74, 6) is 0. The van der Waals surface area contributed by atoms with E-state index < -0.39 is 0 Å². The lowest BCUT2D eigenvalue weighted by Gasteiger charge is -2.19. The Labute approximate surface area is 153 Å². The standard InChI is InChI=1S/C15H10Br2ClNS2/c16-9-3-1-4-10(17)14(9)19-15(11-5-2-8-20-11)12-6-7-13(18)21-12/h1-8,15,19H. The molecule has 0 fully saturated rings. The van der Waals surface area contributed by atoms with Gasteiger partial charge in [0.1, 0.15) is 0 Å². The van der Waals surface area contributed by atoms with E-state index in [4.69, 9.17) is 11.6 Å². The third-order valence-electron chi connectivity index (χ3n) is 2.96. The van der Waals surface area contributed by atoms with E-state index in [1.54, 1.807) is 22.7 Å². The van der Waals surface area contributed by atoms with Crippen LogP contribution in [0.1, 0.15) is 15.8 Å². The summed E-state index contributed by atoms with van der Waals surface area (Å²) < 4.78 is 2.86. The summed E-state index contributed by atoms with van der Waals surface area (Å²) in [6.45, 7) is 0. The summed E-state index contributed by atoms with van der Waals surface area (Å²) in [5.41, 5.74) is 1.04. The molecule has 6 heteroatoms. The van der Waals surface area contributed by atoms with Gasteiger partial charge in [-0.05, 0) is 67.6 Å². The Morgan fingerprint density at radius 1 is 0.952 bits per heavy atom. The van der Waals surface area contributed by atoms with Crippen molar-refractivity contribution in [1.82, 2.24) is 0 Å². The van der Waals surface area contributed by atoms with Gasteiger partial charge in [0.05, 0.1) is 16.1 Å². The van der Waals surface area contributed by atoms with Gasteiger partial charge >= 0.3 is 0 Å². The van der Waals surface area contributed by atoms with Crippen molar-refractivity contribution in [3.05, 3.63) is 70.9 Å². The van der Waals surface area contributed by atoms with Crippen LogP contribution in [0, 0.1) is 0 Å². The van der Waals surface area contributed by atoms with E-state index in [-0.39, 0.29) is 6.04 Å². The lowest BCUT2D eigenvalue weighted by Crippen LogP contribution is -2.10. The number of para-hydroxylation sites is 1. The zero-order chi connectivity index (χ0) is 14.8. The van der Waals surface area contributed by atoms with Crippen LogP contribution in [0.5, 0.6) is 0 Å². The second-order valence-corrected chi connectivity index (χ2v) is 8.77. The molecule has 1 N–H and O–H groups in total. The van der Waals surface area contributed by atoms with Crippen LogP contribution in [0.2, 0.25) is 4.34 Å². The maximum Gasteiger partial charge on any atom is 0.0954 e. The van der Waals surface area contributed by atoms with Gasteiger partial charge in [-0.3, -0.25) is 0 Å². The maximum absolute atomic E-state index is 6.11. The van der Waals surface area contributed by atoms with E-state index in [0.29, 0.717) is 0 Å². The summed E-state index contributed by atoms with van der Waals surface area (Å²) >= 11 is 16.7. The Balaban J connectivity index is 2.01. The monoisotopic (exact) mass is 461 g/mol. The van der Waals surface area contributed by atoms with Crippen molar-refractivity contribution in [2.45, 2.75) is 6.04 Å². The minimum atomic E-state index is 0.0949. The minimum absolute atomic E-state index is 0.0949. The number of rotatable bonds is 4. The predicted molar refractivity (Wildman–Crippen MR) is 101 cm³/mol. The third-order valence-corrected chi connectivity index (χ3v) is 6.51. The summed E-state index contributed by atoms with van der Waals surface area (Å²) in [6.07, 6.45) is 0. The van der Waals surface area contributed by atoms with Gasteiger partial charge in [0, 0.05) is 18.7 Å². The molecule has 1 nitrogen and oxygen atoms in total. The molecular weight excluding hydrogens is 454 g/mol. The number of thiophene rings is 2. The molecule has 1 unspecified atom stereocenters. The first-order valence-corrected chi connectivity index (χ1v) is 9.80. The molecule has 3 rings (SSSR count). The van der Waals surface area contributed by atoms with Crippen LogP contribution >= 0.6 is 66.1 Å². The van der Waals surface area contributed by atoms with Gasteiger partial charge in [-0.2, -0.15) is 0 Å². The molecule has 0 saturated heterocycles. The van der Waals surface area contributed by atoms with Crippen LogP contribution in [0.25, 0.3) is 0 Å². The van der Waals surface area contributed by atoms with Crippen LogP contribution in [0.4, 0.5) is 5.69 Å². The van der Waals surface area contributed by atoms with Gasteiger partial charge in [0.25, 0.3) is 0 Å². The van der Waals surface area contributed by atoms with E-state index in [1.165, 1.54) is 9.75 Å². The molecule has 21 heavy (non-hydrogen) atoms. The quantitative estimate of drug-likeness (QED) is 0.432. The molecule has 1 atom stereocenters. The minimum Gasteiger partial charge on any atom is -0.371 e. The normalized spacial score (nSPS) is 12.3. The number of hydrogen-bond acceptors (Lipinski definition) is 3. The van der Waals surface area contributed by atoms with E-state index >= 15 is 0 Å². The summed E-state index contributed by atoms with van der Waals surface area (Å²) in [5, 5.41) is 5.71. The fourth-order valence-corrected chi connectivity index (χ4v) is 5.23. The first kappa shape index (κ1) is 15.6. The van der Waals surface area contributed by atoms with Crippen molar-refractivity contribution in [2.75, 3.05) is 5.32 Å². The molecule has 0 aliphatic rings. The average Bonchev–Trinajstić information content (AvgIpc) is 3.10. The lowest BCUT2D eigenvalue weighted by molar-refractivity contribution is 0.989. The van der Waals surface area contributed by atoms with Crippen LogP contribution in [0.15, 0.2) is 56.8 Å². The van der Waals surface area contributed by atoms with Crippen molar-refractivity contribution in [2.24, 2.45) is 0 Å². The van der Waals surface area contributed by atoms with Crippen LogP contribution < -0.4 is 5.32 Å². The molecule has 0 aliphatic heterocycles. The number of anilines is 1. The Kier molecular flexibility index (Phi) is 5.07. The van der Waals surface area contributed by atoms with Gasteiger partial charge in [0.2, 0.25) is 0 Å². The highest BCUT2D eigenvalue weighted by Crippen LogP contribution is 2.39. The smallest absolute Gasteiger partial charge is 0.0954 e. The second-order valence-electron chi connectivity index (χ2n) is 4.33. The van der Waals surface area contributed by atoms with Crippen molar-refractivity contribution in [3.63, 3.8) is 0 Å². The van der Waals surface area contributed by atoms with E-state index in [9.17, 15) is 0 Å². The van der Waals surface area contributed by atoms with Gasteiger partial charge in [-0.25, -0.2) is 0 Å². The highest BCUT2D eigenvalue weighted by Gasteiger charge is 2.19. The Morgan fingerprint density at radius 2 is 1.71 bits per heavy atom. The van der Waals surface area contributed by atoms with Gasteiger partial charge < -0.3 is 5.32 Å². The zero-order valence-corrected chi connectivity index (χ0v) is 16.2. The molecular formula is C15H10Br2ClNS2. The molecule has 2 aromatic heterocycles. The van der Waals surface area contributed by atoms with E-state index in [1.807, 2.05) is 24.3 Å².